The molecule has 35 heavy (non-hydrogen) atoms. The van der Waals surface area contributed by atoms with Crippen LogP contribution in [0.1, 0.15) is 107 Å². The molecule has 5 nitrogen and oxygen atoms in total. The highest BCUT2D eigenvalue weighted by atomic mass is 16.4. The summed E-state index contributed by atoms with van der Waals surface area (Å²) in [5, 5.41) is 43.0. The maximum Gasteiger partial charge on any atom is 0.138 e. The van der Waals surface area contributed by atoms with Crippen LogP contribution in [0.4, 0.5) is 0 Å². The molecule has 3 saturated carbocycles. The minimum Gasteiger partial charge on any atom is -0.392 e. The van der Waals surface area contributed by atoms with E-state index in [1.807, 2.05) is 0 Å². The summed E-state index contributed by atoms with van der Waals surface area (Å²) in [6.45, 7) is 16.6. The van der Waals surface area contributed by atoms with Gasteiger partial charge in [-0.25, -0.2) is 0 Å². The van der Waals surface area contributed by atoms with E-state index in [-0.39, 0.29) is 33.5 Å². The van der Waals surface area contributed by atoms with Crippen LogP contribution < -0.4 is 0 Å². The summed E-state index contributed by atoms with van der Waals surface area (Å²) in [7, 11) is 0. The van der Waals surface area contributed by atoms with Gasteiger partial charge < -0.3 is 20.4 Å². The van der Waals surface area contributed by atoms with E-state index in [1.54, 1.807) is 0 Å². The third kappa shape index (κ3) is 3.82. The van der Waals surface area contributed by atoms with Crippen molar-refractivity contribution in [1.82, 2.24) is 0 Å². The molecule has 3 fully saturated rings. The van der Waals surface area contributed by atoms with Gasteiger partial charge in [-0.05, 0) is 92.8 Å². The lowest BCUT2D eigenvalue weighted by molar-refractivity contribution is -0.208. The van der Waals surface area contributed by atoms with E-state index in [1.165, 1.54) is 25.0 Å². The molecule has 0 saturated heterocycles. The minimum atomic E-state index is -1.36. The lowest BCUT2D eigenvalue weighted by Gasteiger charge is -2.69. The number of aliphatic hydroxyl groups excluding tert-OH is 3. The molecule has 0 heterocycles. The summed E-state index contributed by atoms with van der Waals surface area (Å²) in [6.07, 6.45) is 3.96. The van der Waals surface area contributed by atoms with Crippen LogP contribution in [0, 0.1) is 39.4 Å². The Hall–Kier alpha value is -0.750. The number of aliphatic hydroxyl groups is 4. The van der Waals surface area contributed by atoms with Crippen molar-refractivity contribution in [3.63, 3.8) is 0 Å². The van der Waals surface area contributed by atoms with Gasteiger partial charge in [-0.1, -0.05) is 52.7 Å². The van der Waals surface area contributed by atoms with Gasteiger partial charge in [0.15, 0.2) is 0 Å². The second kappa shape index (κ2) is 8.38. The Balaban J connectivity index is 1.68. The molecular weight excluding hydrogens is 440 g/mol. The van der Waals surface area contributed by atoms with E-state index < -0.39 is 23.9 Å². The predicted molar refractivity (Wildman–Crippen MR) is 138 cm³/mol. The Bertz CT molecular complexity index is 899. The summed E-state index contributed by atoms with van der Waals surface area (Å²) in [5.74, 6) is 0.914. The summed E-state index contributed by atoms with van der Waals surface area (Å²) in [4.78, 5) is 12.9. The number of fused-ring (bicyclic) bond motifs is 5. The average Bonchev–Trinajstić information content (AvgIpc) is 3.07. The summed E-state index contributed by atoms with van der Waals surface area (Å²) < 4.78 is 0. The fraction of sp³-hybridized carbons (Fsp3) is 0.900. The second-order valence-corrected chi connectivity index (χ2v) is 14.5. The highest BCUT2D eigenvalue weighted by Crippen LogP contribution is 2.74. The molecule has 0 aromatic heterocycles. The number of carbonyl (C=O) groups excluding carboxylic acids is 1. The highest BCUT2D eigenvalue weighted by Gasteiger charge is 2.69. The first-order chi connectivity index (χ1) is 15.9. The number of allylic oxidation sites excluding steroid dienone is 1. The fourth-order valence-electron chi connectivity index (χ4n) is 9.77. The lowest BCUT2D eigenvalue weighted by Crippen LogP contribution is -2.65. The number of carbonyl (C=O) groups is 1. The molecule has 9 atom stereocenters. The first-order valence-corrected chi connectivity index (χ1v) is 13.9. The summed E-state index contributed by atoms with van der Waals surface area (Å²) >= 11 is 0. The van der Waals surface area contributed by atoms with Gasteiger partial charge in [0.1, 0.15) is 11.9 Å². The number of rotatable bonds is 5. The van der Waals surface area contributed by atoms with Crippen LogP contribution >= 0.6 is 0 Å². The standard InChI is InChI=1S/C30H50O5/c1-17(15-21(32)25(34)27(4,5)35)18-9-13-29(7)19(18)16-20(31)24-28(6)12-11-23(33)26(2,3)22(28)10-14-30(24,29)8/h17,20-22,24-25,31-32,34-35H,9-16H2,1-8H3/t17-,20+,21+,22+,24+,25+,28+,29+,30+/m1/s1. The molecule has 0 amide bonds. The maximum absolute atomic E-state index is 12.9. The molecule has 0 unspecified atom stereocenters. The molecule has 4 rings (SSSR count). The summed E-state index contributed by atoms with van der Waals surface area (Å²) in [6, 6.07) is 0. The van der Waals surface area contributed by atoms with Crippen molar-refractivity contribution in [1.29, 1.82) is 0 Å². The van der Waals surface area contributed by atoms with E-state index >= 15 is 0 Å². The molecule has 0 spiro atoms. The molecule has 4 N–H and O–H groups in total. The molecule has 0 bridgehead atoms. The van der Waals surface area contributed by atoms with Crippen LogP contribution in [-0.2, 0) is 4.79 Å². The zero-order valence-electron chi connectivity index (χ0n) is 23.3. The molecule has 0 aliphatic heterocycles. The quantitative estimate of drug-likeness (QED) is 0.415. The smallest absolute Gasteiger partial charge is 0.138 e. The molecule has 0 radical (unpaired) electrons. The Morgan fingerprint density at radius 3 is 2.26 bits per heavy atom. The number of hydrogen-bond donors (Lipinski definition) is 4. The van der Waals surface area contributed by atoms with Crippen molar-refractivity contribution >= 4 is 5.78 Å². The number of ketones is 1. The Labute approximate surface area is 212 Å². The zero-order chi connectivity index (χ0) is 26.4. The van der Waals surface area contributed by atoms with Crippen LogP contribution in [0.15, 0.2) is 11.1 Å². The first kappa shape index (κ1) is 27.3. The minimum absolute atomic E-state index is 0.0140. The van der Waals surface area contributed by atoms with Crippen LogP contribution in [0.3, 0.4) is 0 Å². The molecule has 0 aromatic rings. The van der Waals surface area contributed by atoms with Crippen molar-refractivity contribution < 1.29 is 25.2 Å². The Morgan fingerprint density at radius 1 is 1.03 bits per heavy atom. The maximum atomic E-state index is 12.9. The lowest BCUT2D eigenvalue weighted by atomic mass is 9.36. The molecular formula is C30H50O5. The van der Waals surface area contributed by atoms with Crippen LogP contribution in [0.25, 0.3) is 0 Å². The van der Waals surface area contributed by atoms with Crippen molar-refractivity contribution in [3.05, 3.63) is 11.1 Å². The monoisotopic (exact) mass is 490 g/mol. The topological polar surface area (TPSA) is 98.0 Å². The zero-order valence-corrected chi connectivity index (χ0v) is 23.3. The predicted octanol–water partition coefficient (Wildman–Crippen LogP) is 4.79. The van der Waals surface area contributed by atoms with E-state index in [2.05, 4.69) is 41.5 Å². The van der Waals surface area contributed by atoms with Gasteiger partial charge >= 0.3 is 0 Å². The van der Waals surface area contributed by atoms with Crippen molar-refractivity contribution in [2.45, 2.75) is 131 Å². The SMILES string of the molecule is C[C@H](C[C@H](O)[C@H](O)C(C)(C)O)C1=C2C[C@H](O)[C@H]3[C@@]4(C)CCC(=O)C(C)(C)[C@@H]4CC[C@]3(C)[C@@]2(C)CC1. The second-order valence-electron chi connectivity index (χ2n) is 14.5. The number of hydrogen-bond acceptors (Lipinski definition) is 5. The highest BCUT2D eigenvalue weighted by molar-refractivity contribution is 5.85. The van der Waals surface area contributed by atoms with Gasteiger partial charge in [-0.3, -0.25) is 4.79 Å². The van der Waals surface area contributed by atoms with E-state index in [4.69, 9.17) is 0 Å². The van der Waals surface area contributed by atoms with Crippen molar-refractivity contribution in [3.8, 4) is 0 Å². The largest absolute Gasteiger partial charge is 0.392 e. The average molecular weight is 491 g/mol. The van der Waals surface area contributed by atoms with Crippen LogP contribution in [-0.4, -0.2) is 50.1 Å². The van der Waals surface area contributed by atoms with Crippen LogP contribution in [0.5, 0.6) is 0 Å². The van der Waals surface area contributed by atoms with Gasteiger partial charge in [0, 0.05) is 11.8 Å². The molecule has 200 valence electrons. The van der Waals surface area contributed by atoms with E-state index in [9.17, 15) is 25.2 Å². The van der Waals surface area contributed by atoms with Gasteiger partial charge in [-0.15, -0.1) is 0 Å². The molecule has 5 heteroatoms. The molecule has 4 aliphatic rings. The van der Waals surface area contributed by atoms with Gasteiger partial charge in [-0.2, -0.15) is 0 Å². The Morgan fingerprint density at radius 2 is 1.66 bits per heavy atom. The van der Waals surface area contributed by atoms with Crippen molar-refractivity contribution in [2.24, 2.45) is 39.4 Å². The van der Waals surface area contributed by atoms with Crippen molar-refractivity contribution in [2.75, 3.05) is 0 Å². The third-order valence-corrected chi connectivity index (χ3v) is 11.9. The third-order valence-electron chi connectivity index (χ3n) is 11.9. The van der Waals surface area contributed by atoms with E-state index in [0.29, 0.717) is 31.0 Å². The first-order valence-electron chi connectivity index (χ1n) is 13.9. The fourth-order valence-corrected chi connectivity index (χ4v) is 9.77. The molecule has 0 aromatic carbocycles. The summed E-state index contributed by atoms with van der Waals surface area (Å²) in [5.41, 5.74) is 0.895. The van der Waals surface area contributed by atoms with Gasteiger partial charge in [0.25, 0.3) is 0 Å². The Kier molecular flexibility index (Phi) is 6.53. The van der Waals surface area contributed by atoms with Gasteiger partial charge in [0.05, 0.1) is 17.8 Å². The molecule has 4 aliphatic carbocycles. The normalized spacial score (nSPS) is 43.8. The van der Waals surface area contributed by atoms with Gasteiger partial charge in [0.2, 0.25) is 0 Å². The van der Waals surface area contributed by atoms with Crippen LogP contribution in [0.2, 0.25) is 0 Å². The number of Topliss-reactive ketones (excluding diaryl/α,β-unsaturated/α-hetero) is 1. The van der Waals surface area contributed by atoms with E-state index in [0.717, 1.165) is 32.1 Å².